The number of aliphatic carboxylic acids is 1. The highest BCUT2D eigenvalue weighted by atomic mass is 16.4. The van der Waals surface area contributed by atoms with Crippen molar-refractivity contribution in [1.29, 1.82) is 0 Å². The maximum Gasteiger partial charge on any atom is 0.307 e. The van der Waals surface area contributed by atoms with Crippen molar-refractivity contribution in [1.82, 2.24) is 4.90 Å². The summed E-state index contributed by atoms with van der Waals surface area (Å²) in [5.41, 5.74) is 2.50. The van der Waals surface area contributed by atoms with Gasteiger partial charge in [-0.2, -0.15) is 0 Å². The van der Waals surface area contributed by atoms with Crippen LogP contribution < -0.4 is 0 Å². The fourth-order valence-corrected chi connectivity index (χ4v) is 2.86. The van der Waals surface area contributed by atoms with Gasteiger partial charge in [-0.15, -0.1) is 0 Å². The van der Waals surface area contributed by atoms with Crippen molar-refractivity contribution < 1.29 is 14.7 Å². The maximum atomic E-state index is 12.3. The van der Waals surface area contributed by atoms with E-state index in [2.05, 4.69) is 12.1 Å². The average Bonchev–Trinajstić information content (AvgIpc) is 3.20. The molecule has 4 heteroatoms. The Labute approximate surface area is 112 Å². The minimum absolute atomic E-state index is 0.0177. The van der Waals surface area contributed by atoms with Crippen LogP contribution in [-0.2, 0) is 22.6 Å². The number of rotatable bonds is 2. The van der Waals surface area contributed by atoms with Crippen molar-refractivity contribution in [2.45, 2.75) is 25.8 Å². The number of nitrogens with zero attached hydrogens (tertiary/aromatic N) is 1. The summed E-state index contributed by atoms with van der Waals surface area (Å²) < 4.78 is 0. The van der Waals surface area contributed by atoms with Gasteiger partial charge in [-0.25, -0.2) is 0 Å². The lowest BCUT2D eigenvalue weighted by atomic mass is 10.0. The third-order valence-corrected chi connectivity index (χ3v) is 4.09. The molecule has 0 saturated heterocycles. The van der Waals surface area contributed by atoms with Gasteiger partial charge in [0.1, 0.15) is 0 Å². The highest BCUT2D eigenvalue weighted by Crippen LogP contribution is 2.40. The number of carboxylic acid groups (broad SMARTS) is 1. The Balaban J connectivity index is 1.73. The Hall–Kier alpha value is -1.84. The Morgan fingerprint density at radius 2 is 1.89 bits per heavy atom. The van der Waals surface area contributed by atoms with Gasteiger partial charge in [-0.3, -0.25) is 9.59 Å². The molecule has 2 unspecified atom stereocenters. The largest absolute Gasteiger partial charge is 0.481 e. The van der Waals surface area contributed by atoms with E-state index in [0.29, 0.717) is 13.0 Å². The average molecular weight is 259 g/mol. The summed E-state index contributed by atoms with van der Waals surface area (Å²) in [6.45, 7) is 1.36. The molecule has 1 N–H and O–H groups in total. The first-order chi connectivity index (χ1) is 9.16. The minimum atomic E-state index is -0.839. The molecule has 1 aromatic rings. The number of carboxylic acids is 1. The lowest BCUT2D eigenvalue weighted by molar-refractivity contribution is -0.142. The van der Waals surface area contributed by atoms with Gasteiger partial charge in [0, 0.05) is 13.1 Å². The number of hydrogen-bond donors (Lipinski definition) is 1. The van der Waals surface area contributed by atoms with Crippen LogP contribution in [0.15, 0.2) is 24.3 Å². The van der Waals surface area contributed by atoms with E-state index >= 15 is 0 Å². The quantitative estimate of drug-likeness (QED) is 0.879. The number of carbonyl (C=O) groups is 2. The zero-order valence-electron chi connectivity index (χ0n) is 10.7. The molecule has 2 aliphatic rings. The fraction of sp³-hybridized carbons (Fsp3) is 0.467. The summed E-state index contributed by atoms with van der Waals surface area (Å²) in [6, 6.07) is 8.19. The van der Waals surface area contributed by atoms with Crippen LogP contribution in [0, 0.1) is 11.8 Å². The molecule has 1 saturated carbocycles. The Bertz CT molecular complexity index is 526. The van der Waals surface area contributed by atoms with Crippen LogP contribution >= 0.6 is 0 Å². The molecule has 2 atom stereocenters. The number of fused-ring (bicyclic) bond motifs is 1. The predicted molar refractivity (Wildman–Crippen MR) is 69.4 cm³/mol. The normalized spacial score (nSPS) is 25.4. The molecule has 1 fully saturated rings. The van der Waals surface area contributed by atoms with E-state index < -0.39 is 11.9 Å². The van der Waals surface area contributed by atoms with E-state index in [4.69, 9.17) is 5.11 Å². The van der Waals surface area contributed by atoms with Crippen molar-refractivity contribution in [2.24, 2.45) is 11.8 Å². The second-order valence-electron chi connectivity index (χ2n) is 5.42. The van der Waals surface area contributed by atoms with E-state index in [1.165, 1.54) is 11.1 Å². The van der Waals surface area contributed by atoms with Gasteiger partial charge in [0.15, 0.2) is 0 Å². The number of carbonyl (C=O) groups excluding carboxylic acids is 1. The first kappa shape index (κ1) is 12.2. The molecular formula is C15H17NO3. The van der Waals surface area contributed by atoms with Crippen LogP contribution in [0.25, 0.3) is 0 Å². The van der Waals surface area contributed by atoms with Crippen LogP contribution in [0.3, 0.4) is 0 Å². The van der Waals surface area contributed by atoms with Gasteiger partial charge >= 0.3 is 5.97 Å². The van der Waals surface area contributed by atoms with Gasteiger partial charge in [0.2, 0.25) is 5.91 Å². The van der Waals surface area contributed by atoms with Gasteiger partial charge in [0.25, 0.3) is 0 Å². The van der Waals surface area contributed by atoms with Gasteiger partial charge < -0.3 is 10.0 Å². The lowest BCUT2D eigenvalue weighted by Crippen LogP contribution is -2.32. The number of benzene rings is 1. The van der Waals surface area contributed by atoms with E-state index in [1.807, 2.05) is 17.0 Å². The molecular weight excluding hydrogens is 242 g/mol. The van der Waals surface area contributed by atoms with Crippen molar-refractivity contribution in [2.75, 3.05) is 6.54 Å². The summed E-state index contributed by atoms with van der Waals surface area (Å²) >= 11 is 0. The lowest BCUT2D eigenvalue weighted by Gasteiger charge is -2.21. The van der Waals surface area contributed by atoms with E-state index in [1.54, 1.807) is 0 Å². The third kappa shape index (κ3) is 2.35. The highest BCUT2D eigenvalue weighted by molar-refractivity contribution is 5.89. The number of hydrogen-bond acceptors (Lipinski definition) is 2. The monoisotopic (exact) mass is 259 g/mol. The molecule has 100 valence electrons. The van der Waals surface area contributed by atoms with Gasteiger partial charge in [0.05, 0.1) is 11.8 Å². The van der Waals surface area contributed by atoms with Crippen LogP contribution in [0.5, 0.6) is 0 Å². The topological polar surface area (TPSA) is 57.6 Å². The molecule has 0 spiro atoms. The van der Waals surface area contributed by atoms with Crippen molar-refractivity contribution in [3.05, 3.63) is 35.4 Å². The van der Waals surface area contributed by atoms with Crippen LogP contribution in [0.2, 0.25) is 0 Å². The summed E-state index contributed by atoms with van der Waals surface area (Å²) in [6.07, 6.45) is 2.45. The van der Waals surface area contributed by atoms with Crippen molar-refractivity contribution in [3.8, 4) is 0 Å². The zero-order valence-corrected chi connectivity index (χ0v) is 10.7. The molecule has 4 nitrogen and oxygen atoms in total. The van der Waals surface area contributed by atoms with Crippen LogP contribution in [-0.4, -0.2) is 28.4 Å². The van der Waals surface area contributed by atoms with Gasteiger partial charge in [-0.05, 0) is 30.4 Å². The number of aryl methyl sites for hydroxylation is 1. The minimum Gasteiger partial charge on any atom is -0.481 e. The summed E-state index contributed by atoms with van der Waals surface area (Å²) in [5, 5.41) is 8.91. The summed E-state index contributed by atoms with van der Waals surface area (Å²) in [5.74, 6) is -1.56. The molecule has 1 aliphatic heterocycles. The van der Waals surface area contributed by atoms with E-state index in [0.717, 1.165) is 19.4 Å². The summed E-state index contributed by atoms with van der Waals surface area (Å²) in [7, 11) is 0. The molecule has 1 heterocycles. The summed E-state index contributed by atoms with van der Waals surface area (Å²) in [4.78, 5) is 25.0. The standard InChI is InChI=1S/C15H17NO3/c17-14(12-8-13(12)15(18)19)16-7-3-6-10-4-1-2-5-11(10)9-16/h1-2,4-5,12-13H,3,6-9H2,(H,18,19). The molecule has 0 radical (unpaired) electrons. The maximum absolute atomic E-state index is 12.3. The molecule has 1 amide bonds. The fourth-order valence-electron chi connectivity index (χ4n) is 2.86. The highest BCUT2D eigenvalue weighted by Gasteiger charge is 2.49. The molecule has 0 bridgehead atoms. The smallest absolute Gasteiger partial charge is 0.307 e. The Morgan fingerprint density at radius 1 is 1.16 bits per heavy atom. The van der Waals surface area contributed by atoms with Crippen LogP contribution in [0.1, 0.15) is 24.0 Å². The Morgan fingerprint density at radius 3 is 2.58 bits per heavy atom. The second kappa shape index (κ2) is 4.68. The SMILES string of the molecule is O=C(O)C1CC1C(=O)N1CCCc2ccccc2C1. The zero-order chi connectivity index (χ0) is 13.4. The molecule has 3 rings (SSSR count). The van der Waals surface area contributed by atoms with Crippen LogP contribution in [0.4, 0.5) is 0 Å². The van der Waals surface area contributed by atoms with Gasteiger partial charge in [-0.1, -0.05) is 24.3 Å². The molecule has 1 aromatic carbocycles. The third-order valence-electron chi connectivity index (χ3n) is 4.09. The molecule has 19 heavy (non-hydrogen) atoms. The first-order valence-corrected chi connectivity index (χ1v) is 6.75. The van der Waals surface area contributed by atoms with Crippen molar-refractivity contribution in [3.63, 3.8) is 0 Å². The first-order valence-electron chi connectivity index (χ1n) is 6.75. The molecule has 0 aromatic heterocycles. The van der Waals surface area contributed by atoms with E-state index in [-0.39, 0.29) is 11.8 Å². The number of amides is 1. The predicted octanol–water partition coefficient (Wildman–Crippen LogP) is 1.68. The second-order valence-corrected chi connectivity index (χ2v) is 5.42. The van der Waals surface area contributed by atoms with E-state index in [9.17, 15) is 9.59 Å². The molecule has 1 aliphatic carbocycles. The van der Waals surface area contributed by atoms with Crippen molar-refractivity contribution >= 4 is 11.9 Å². The Kier molecular flexibility index (Phi) is 3.01.